The molecule has 0 spiro atoms. The van der Waals surface area contributed by atoms with E-state index in [1.165, 1.54) is 0 Å². The number of piperidine rings is 3. The van der Waals surface area contributed by atoms with Crippen LogP contribution in [0.5, 0.6) is 0 Å². The van der Waals surface area contributed by atoms with Gasteiger partial charge in [0.1, 0.15) is 0 Å². The van der Waals surface area contributed by atoms with Gasteiger partial charge >= 0.3 is 21.2 Å². The molecule has 12 rings (SSSR count). The lowest BCUT2D eigenvalue weighted by atomic mass is 9.80. The van der Waals surface area contributed by atoms with Crippen molar-refractivity contribution in [2.45, 2.75) is 177 Å². The van der Waals surface area contributed by atoms with E-state index in [1.54, 1.807) is 0 Å². The minimum atomic E-state index is -0.413. The lowest BCUT2D eigenvalue weighted by Crippen LogP contribution is -2.60. The molecule has 6 aliphatic heterocycles. The van der Waals surface area contributed by atoms with Gasteiger partial charge in [0.2, 0.25) is 17.7 Å². The third-order valence-corrected chi connectivity index (χ3v) is 26.0. The molecule has 6 aromatic rings. The van der Waals surface area contributed by atoms with Crippen molar-refractivity contribution in [3.8, 4) is 0 Å². The first-order valence-corrected chi connectivity index (χ1v) is 43.6. The first-order chi connectivity index (χ1) is 52.6. The maximum absolute atomic E-state index is 13.6. The maximum Gasteiger partial charge on any atom is 0.376 e. The molecule has 0 aliphatic carbocycles. The maximum atomic E-state index is 13.6. The number of hydrogen-bond acceptors (Lipinski definition) is 15. The minimum absolute atomic E-state index is 0.0164. The number of aromatic nitrogens is 3. The molecule has 0 bridgehead atoms. The average molecular weight is 1770 g/mol. The van der Waals surface area contributed by atoms with Gasteiger partial charge in [-0.3, -0.25) is 44.0 Å². The van der Waals surface area contributed by atoms with Gasteiger partial charge in [0.15, 0.2) is 0 Å². The van der Waals surface area contributed by atoms with Gasteiger partial charge in [0, 0.05) is 143 Å². The van der Waals surface area contributed by atoms with Crippen molar-refractivity contribution < 1.29 is 29.5 Å². The summed E-state index contributed by atoms with van der Waals surface area (Å²) in [6.45, 7) is 37.5. The van der Waals surface area contributed by atoms with Gasteiger partial charge in [-0.05, 0) is 270 Å². The number of pyridine rings is 3. The number of rotatable bonds is 18. The second kappa shape index (κ2) is 40.2. The quantitative estimate of drug-likeness (QED) is 0.0691. The SMILES string of the molecule is CB(O)N1CCC(CC(=O)N2CCN(C(c3ccc(Cl)cc3)c3ccc(Br)cn3)C[C@@H]2C(C)(C)C)CC1.CB(O)N1CCC(CC(=O)N2CCN(C(c3ccc(Cl)cc3)c3ccc(Br)cn3)C[C@@H]2C(C)(C)C)CC1.CB(O)N1CCC(CC(=O)N2CCN(C(c3ccc(Cl)cc3)c3ccc(Br)cn3)C[C@@H]2C(C)(C)C)CC1. The Hall–Kier alpha value is -4.34. The number of nitrogens with zero attached hydrogens (tertiary/aromatic N) is 12. The summed E-state index contributed by atoms with van der Waals surface area (Å²) in [5, 5.41) is 31.8. The van der Waals surface area contributed by atoms with E-state index in [2.05, 4.69) is 209 Å². The van der Waals surface area contributed by atoms with E-state index in [0.717, 1.165) is 164 Å². The Labute approximate surface area is 703 Å². The molecule has 3 aromatic heterocycles. The Morgan fingerprint density at radius 2 is 0.604 bits per heavy atom. The van der Waals surface area contributed by atoms with Crippen LogP contribution >= 0.6 is 82.6 Å². The molecule has 111 heavy (non-hydrogen) atoms. The van der Waals surface area contributed by atoms with Gasteiger partial charge in [0.05, 0.1) is 35.2 Å². The fourth-order valence-corrected chi connectivity index (χ4v) is 18.3. The fraction of sp³-hybridized carbons (Fsp3) is 0.571. The zero-order valence-corrected chi connectivity index (χ0v) is 74.2. The zero-order chi connectivity index (χ0) is 80.2. The molecule has 3 amide bonds. The summed E-state index contributed by atoms with van der Waals surface area (Å²) in [6.07, 6.45) is 13.1. The highest BCUT2D eigenvalue weighted by atomic mass is 79.9. The number of hydrogen-bond donors (Lipinski definition) is 3. The van der Waals surface area contributed by atoms with Crippen LogP contribution in [0.2, 0.25) is 35.5 Å². The molecule has 27 heteroatoms. The van der Waals surface area contributed by atoms with Crippen molar-refractivity contribution in [1.29, 1.82) is 0 Å². The van der Waals surface area contributed by atoms with E-state index >= 15 is 0 Å². The van der Waals surface area contributed by atoms with Gasteiger partial charge in [-0.25, -0.2) is 0 Å². The van der Waals surface area contributed by atoms with Crippen molar-refractivity contribution in [1.82, 2.24) is 58.8 Å². The second-order valence-corrected chi connectivity index (χ2v) is 39.0. The highest BCUT2D eigenvalue weighted by Crippen LogP contribution is 2.41. The molecule has 6 fully saturated rings. The monoisotopic (exact) mass is 1760 g/mol. The van der Waals surface area contributed by atoms with Crippen LogP contribution in [0.15, 0.2) is 141 Å². The number of halogens is 6. The standard InChI is InChI=1S/3C28H39BBrClN4O2/c3*1-28(2,3)25-19-33(15-16-35(25)26(36)17-20-11-13-34(14-12-20)29(4)37)27(21-5-8-23(31)9-6-21)24-10-7-22(30)18-32-24/h3*5-10,18,20,25,27,37H,11-17,19H2,1-4H3/t3*25-,27?/m111/s1. The van der Waals surface area contributed by atoms with Crippen molar-refractivity contribution in [2.24, 2.45) is 34.0 Å². The van der Waals surface area contributed by atoms with Crippen LogP contribution in [0.3, 0.4) is 0 Å². The molecule has 600 valence electrons. The van der Waals surface area contributed by atoms with Crippen LogP contribution in [0.4, 0.5) is 0 Å². The molecule has 6 atom stereocenters. The predicted molar refractivity (Wildman–Crippen MR) is 464 cm³/mol. The van der Waals surface area contributed by atoms with Crippen molar-refractivity contribution in [3.63, 3.8) is 0 Å². The van der Waals surface area contributed by atoms with Crippen molar-refractivity contribution in [3.05, 3.63) is 190 Å². The number of piperazine rings is 3. The summed E-state index contributed by atoms with van der Waals surface area (Å²) in [4.78, 5) is 75.3. The van der Waals surface area contributed by atoms with E-state index in [0.29, 0.717) is 71.7 Å². The normalized spacial score (nSPS) is 21.2. The first kappa shape index (κ1) is 89.0. The van der Waals surface area contributed by atoms with Gasteiger partial charge in [0.25, 0.3) is 0 Å². The highest BCUT2D eigenvalue weighted by molar-refractivity contribution is 9.11. The van der Waals surface area contributed by atoms with Crippen LogP contribution in [-0.4, -0.2) is 229 Å². The van der Waals surface area contributed by atoms with E-state index in [9.17, 15) is 29.5 Å². The minimum Gasteiger partial charge on any atom is -0.437 e. The predicted octanol–water partition coefficient (Wildman–Crippen LogP) is 16.1. The van der Waals surface area contributed by atoms with Crippen LogP contribution in [0.1, 0.15) is 172 Å². The lowest BCUT2D eigenvalue weighted by molar-refractivity contribution is -0.142. The Morgan fingerprint density at radius 3 is 0.793 bits per heavy atom. The van der Waals surface area contributed by atoms with Crippen LogP contribution in [0.25, 0.3) is 0 Å². The van der Waals surface area contributed by atoms with Gasteiger partial charge in [-0.2, -0.15) is 0 Å². The Bertz CT molecular complexity index is 3380. The van der Waals surface area contributed by atoms with E-state index < -0.39 is 21.2 Å². The van der Waals surface area contributed by atoms with Gasteiger partial charge in [-0.15, -0.1) is 0 Å². The van der Waals surface area contributed by atoms with Crippen LogP contribution in [-0.2, 0) is 14.4 Å². The second-order valence-electron chi connectivity index (χ2n) is 34.9. The fourth-order valence-electron chi connectivity index (χ4n) is 17.2. The summed E-state index contributed by atoms with van der Waals surface area (Å²) < 4.78 is 2.86. The van der Waals surface area contributed by atoms with Gasteiger partial charge in [-0.1, -0.05) is 134 Å². The molecule has 3 unspecified atom stereocenters. The van der Waals surface area contributed by atoms with E-state index in [4.69, 9.17) is 49.8 Å². The highest BCUT2D eigenvalue weighted by Gasteiger charge is 2.45. The molecular formula is C84H117B3Br3Cl3N12O6. The molecule has 0 saturated carbocycles. The summed E-state index contributed by atoms with van der Waals surface area (Å²) >= 11 is 29.2. The van der Waals surface area contributed by atoms with Crippen LogP contribution < -0.4 is 0 Å². The number of benzene rings is 3. The number of carbonyl (C=O) groups is 3. The largest absolute Gasteiger partial charge is 0.437 e. The number of carbonyl (C=O) groups excluding carboxylic acids is 3. The Balaban J connectivity index is 0.000000177. The van der Waals surface area contributed by atoms with Crippen molar-refractivity contribution in [2.75, 3.05) is 98.2 Å². The molecule has 6 aliphatic rings. The molecule has 18 nitrogen and oxygen atoms in total. The zero-order valence-electron chi connectivity index (χ0n) is 67.2. The third-order valence-electron chi connectivity index (χ3n) is 23.9. The van der Waals surface area contributed by atoms with E-state index in [1.807, 2.05) is 93.7 Å². The lowest BCUT2D eigenvalue weighted by Gasteiger charge is -2.49. The molecule has 3 aromatic carbocycles. The molecule has 9 heterocycles. The van der Waals surface area contributed by atoms with E-state index in [-0.39, 0.29) is 70.2 Å². The van der Waals surface area contributed by atoms with Crippen LogP contribution in [0, 0.1) is 34.0 Å². The smallest absolute Gasteiger partial charge is 0.376 e. The molecular weight excluding hydrogens is 1650 g/mol. The molecule has 0 radical (unpaired) electrons. The average Bonchev–Trinajstić information content (AvgIpc) is 0.787. The Kier molecular flexibility index (Phi) is 32.2. The Morgan fingerprint density at radius 1 is 0.378 bits per heavy atom. The summed E-state index contributed by atoms with van der Waals surface area (Å²) in [5.41, 5.74) is 6.21. The van der Waals surface area contributed by atoms with Gasteiger partial charge < -0.3 is 44.2 Å². The summed E-state index contributed by atoms with van der Waals surface area (Å²) in [5.74, 6) is 1.94. The molecule has 6 saturated heterocycles. The van der Waals surface area contributed by atoms with Crippen molar-refractivity contribution >= 4 is 121 Å². The summed E-state index contributed by atoms with van der Waals surface area (Å²) in [7, 11) is -1.24. The first-order valence-electron chi connectivity index (χ1n) is 40.1. The summed E-state index contributed by atoms with van der Waals surface area (Å²) in [6, 6.07) is 36.7. The topological polar surface area (TPSA) is 180 Å². The third kappa shape index (κ3) is 24.6. The molecule has 3 N–H and O–H groups in total. The number of amides is 3.